The van der Waals surface area contributed by atoms with Crippen LogP contribution in [0.3, 0.4) is 0 Å². The summed E-state index contributed by atoms with van der Waals surface area (Å²) in [6.07, 6.45) is 1.71. The lowest BCUT2D eigenvalue weighted by atomic mass is 10.2. The van der Waals surface area contributed by atoms with E-state index < -0.39 is 0 Å². The highest BCUT2D eigenvalue weighted by Crippen LogP contribution is 2.23. The molecular weight excluding hydrogens is 242 g/mol. The van der Waals surface area contributed by atoms with E-state index in [4.69, 9.17) is 4.74 Å². The molecule has 2 aromatic rings. The van der Waals surface area contributed by atoms with E-state index in [1.165, 1.54) is 0 Å². The molecule has 0 atom stereocenters. The number of hydrogen-bond acceptors (Lipinski definition) is 5. The van der Waals surface area contributed by atoms with Crippen molar-refractivity contribution in [3.05, 3.63) is 29.5 Å². The Balaban J connectivity index is 2.28. The number of ether oxygens (including phenoxy) is 1. The number of nitrogens with zero attached hydrogens (tertiary/aromatic N) is 3. The molecule has 0 saturated heterocycles. The number of H-pyrrole nitrogens is 1. The van der Waals surface area contributed by atoms with Gasteiger partial charge in [-0.3, -0.25) is 5.10 Å². The molecule has 0 saturated carbocycles. The summed E-state index contributed by atoms with van der Waals surface area (Å²) in [4.78, 5) is 8.85. The Labute approximate surface area is 112 Å². The Morgan fingerprint density at radius 2 is 2.21 bits per heavy atom. The van der Waals surface area contributed by atoms with Gasteiger partial charge in [0, 0.05) is 24.2 Å². The van der Waals surface area contributed by atoms with Crippen molar-refractivity contribution in [2.45, 2.75) is 33.2 Å². The molecule has 0 amide bonds. The van der Waals surface area contributed by atoms with Gasteiger partial charge in [-0.2, -0.15) is 0 Å². The second-order valence-electron chi connectivity index (χ2n) is 4.72. The average molecular weight is 261 g/mol. The van der Waals surface area contributed by atoms with Crippen LogP contribution in [0.25, 0.3) is 0 Å². The van der Waals surface area contributed by atoms with Gasteiger partial charge >= 0.3 is 0 Å². The summed E-state index contributed by atoms with van der Waals surface area (Å²) >= 11 is 0. The molecule has 0 aliphatic carbocycles. The predicted octanol–water partition coefficient (Wildman–Crippen LogP) is 2.14. The van der Waals surface area contributed by atoms with Crippen LogP contribution in [-0.2, 0) is 6.54 Å². The maximum Gasteiger partial charge on any atom is 0.238 e. The largest absolute Gasteiger partial charge is 0.434 e. The maximum atomic E-state index is 5.71. The molecule has 0 fully saturated rings. The van der Waals surface area contributed by atoms with Crippen LogP contribution in [0.1, 0.15) is 37.0 Å². The summed E-state index contributed by atoms with van der Waals surface area (Å²) in [5, 5.41) is 9.97. The van der Waals surface area contributed by atoms with Gasteiger partial charge in [-0.25, -0.2) is 9.97 Å². The highest BCUT2D eigenvalue weighted by molar-refractivity contribution is 5.30. The molecule has 0 radical (unpaired) electrons. The molecule has 102 valence electrons. The normalized spacial score (nSPS) is 11.0. The first-order valence-electron chi connectivity index (χ1n) is 6.30. The summed E-state index contributed by atoms with van der Waals surface area (Å²) in [6.45, 7) is 6.68. The summed E-state index contributed by atoms with van der Waals surface area (Å²) in [5.74, 6) is 2.26. The lowest BCUT2D eigenvalue weighted by Gasteiger charge is -2.11. The Bertz CT molecular complexity index is 550. The summed E-state index contributed by atoms with van der Waals surface area (Å²) in [7, 11) is 1.87. The Hall–Kier alpha value is -1.95. The van der Waals surface area contributed by atoms with Gasteiger partial charge in [0.05, 0.1) is 6.20 Å². The molecule has 6 heteroatoms. The molecule has 0 bridgehead atoms. The zero-order valence-electron chi connectivity index (χ0n) is 11.7. The van der Waals surface area contributed by atoms with Crippen LogP contribution in [-0.4, -0.2) is 27.2 Å². The number of rotatable bonds is 5. The smallest absolute Gasteiger partial charge is 0.238 e. The van der Waals surface area contributed by atoms with Crippen molar-refractivity contribution in [2.75, 3.05) is 7.05 Å². The first kappa shape index (κ1) is 13.5. The van der Waals surface area contributed by atoms with Gasteiger partial charge in [0.15, 0.2) is 5.75 Å². The van der Waals surface area contributed by atoms with E-state index in [1.54, 1.807) is 6.20 Å². The van der Waals surface area contributed by atoms with Crippen molar-refractivity contribution < 1.29 is 4.74 Å². The number of aromatic amines is 1. The standard InChI is InChI=1S/C13H19N5O/c1-8(2)13-15-7-11(10(16-13)6-14-4)19-12-5-9(3)17-18-12/h5,7-8,14H,6H2,1-4H3,(H,17,18). The van der Waals surface area contributed by atoms with Crippen molar-refractivity contribution in [1.82, 2.24) is 25.5 Å². The fourth-order valence-electron chi connectivity index (χ4n) is 1.64. The average Bonchev–Trinajstić information content (AvgIpc) is 2.77. The van der Waals surface area contributed by atoms with Gasteiger partial charge in [-0.15, -0.1) is 5.10 Å². The van der Waals surface area contributed by atoms with Crippen LogP contribution in [0.4, 0.5) is 0 Å². The molecule has 0 aromatic carbocycles. The molecule has 0 aliphatic heterocycles. The van der Waals surface area contributed by atoms with E-state index in [0.29, 0.717) is 18.2 Å². The zero-order valence-corrected chi connectivity index (χ0v) is 11.7. The second-order valence-corrected chi connectivity index (χ2v) is 4.72. The van der Waals surface area contributed by atoms with E-state index in [0.717, 1.165) is 17.2 Å². The number of aromatic nitrogens is 4. The third kappa shape index (κ3) is 3.29. The highest BCUT2D eigenvalue weighted by atomic mass is 16.5. The molecular formula is C13H19N5O. The first-order valence-corrected chi connectivity index (χ1v) is 6.30. The minimum Gasteiger partial charge on any atom is -0.434 e. The lowest BCUT2D eigenvalue weighted by molar-refractivity contribution is 0.445. The first-order chi connectivity index (χ1) is 9.10. The number of nitrogens with one attached hydrogen (secondary N) is 2. The minimum atomic E-state index is 0.289. The Morgan fingerprint density at radius 1 is 1.42 bits per heavy atom. The van der Waals surface area contributed by atoms with Gasteiger partial charge in [0.1, 0.15) is 11.5 Å². The predicted molar refractivity (Wildman–Crippen MR) is 72.3 cm³/mol. The number of hydrogen-bond donors (Lipinski definition) is 2. The van der Waals surface area contributed by atoms with Crippen LogP contribution >= 0.6 is 0 Å². The van der Waals surface area contributed by atoms with Crippen LogP contribution in [0.5, 0.6) is 11.6 Å². The van der Waals surface area contributed by atoms with Gasteiger partial charge in [0.25, 0.3) is 0 Å². The monoisotopic (exact) mass is 261 g/mol. The van der Waals surface area contributed by atoms with Crippen molar-refractivity contribution in [3.8, 4) is 11.6 Å². The fraction of sp³-hybridized carbons (Fsp3) is 0.462. The zero-order chi connectivity index (χ0) is 13.8. The molecule has 2 rings (SSSR count). The van der Waals surface area contributed by atoms with Gasteiger partial charge in [0.2, 0.25) is 5.88 Å². The van der Waals surface area contributed by atoms with Gasteiger partial charge in [-0.05, 0) is 14.0 Å². The van der Waals surface area contributed by atoms with Gasteiger partial charge in [-0.1, -0.05) is 13.8 Å². The summed E-state index contributed by atoms with van der Waals surface area (Å²) in [6, 6.07) is 1.83. The molecule has 0 spiro atoms. The van der Waals surface area contributed by atoms with E-state index in [1.807, 2.05) is 20.0 Å². The van der Waals surface area contributed by atoms with Crippen LogP contribution in [0.2, 0.25) is 0 Å². The topological polar surface area (TPSA) is 75.7 Å². The third-order valence-electron chi connectivity index (χ3n) is 2.61. The number of aryl methyl sites for hydroxylation is 1. The van der Waals surface area contributed by atoms with E-state index in [2.05, 4.69) is 39.3 Å². The third-order valence-corrected chi connectivity index (χ3v) is 2.61. The highest BCUT2D eigenvalue weighted by Gasteiger charge is 2.12. The van der Waals surface area contributed by atoms with Crippen molar-refractivity contribution in [1.29, 1.82) is 0 Å². The van der Waals surface area contributed by atoms with Crippen molar-refractivity contribution >= 4 is 0 Å². The molecule has 0 unspecified atom stereocenters. The van der Waals surface area contributed by atoms with E-state index >= 15 is 0 Å². The maximum absolute atomic E-state index is 5.71. The van der Waals surface area contributed by atoms with Crippen molar-refractivity contribution in [2.24, 2.45) is 0 Å². The quantitative estimate of drug-likeness (QED) is 0.862. The summed E-state index contributed by atoms with van der Waals surface area (Å²) in [5.41, 5.74) is 1.78. The van der Waals surface area contributed by atoms with Crippen LogP contribution in [0, 0.1) is 6.92 Å². The van der Waals surface area contributed by atoms with Crippen LogP contribution in [0.15, 0.2) is 12.3 Å². The van der Waals surface area contributed by atoms with Crippen LogP contribution < -0.4 is 10.1 Å². The molecule has 19 heavy (non-hydrogen) atoms. The van der Waals surface area contributed by atoms with Crippen molar-refractivity contribution in [3.63, 3.8) is 0 Å². The van der Waals surface area contributed by atoms with E-state index in [-0.39, 0.29) is 5.92 Å². The molecule has 6 nitrogen and oxygen atoms in total. The SMILES string of the molecule is CNCc1nc(C(C)C)ncc1Oc1cc(C)[nH]n1. The van der Waals surface area contributed by atoms with Gasteiger partial charge < -0.3 is 10.1 Å². The molecule has 2 aromatic heterocycles. The minimum absolute atomic E-state index is 0.289. The Morgan fingerprint density at radius 3 is 2.79 bits per heavy atom. The van der Waals surface area contributed by atoms with E-state index in [9.17, 15) is 0 Å². The lowest BCUT2D eigenvalue weighted by Crippen LogP contribution is -2.11. The second kappa shape index (κ2) is 5.79. The molecule has 2 heterocycles. The molecule has 0 aliphatic rings. The summed E-state index contributed by atoms with van der Waals surface area (Å²) < 4.78 is 5.71. The molecule has 2 N–H and O–H groups in total. The Kier molecular flexibility index (Phi) is 4.11. The fourth-order valence-corrected chi connectivity index (χ4v) is 1.64.